The Kier molecular flexibility index (Phi) is 6.83. The molecular formula is C32H40FN5O3. The first-order chi connectivity index (χ1) is 19.4. The standard InChI is InChI=1S/C32H40FN5O3/c1-19-25-12-21(31(25,2)3)13-27(19)36-30(38-16-32(4,40)17-38)35-22-7-9-24-28(14-22)34-18-37(29(24)39)11-10-20-6-8-23(41-5)15-26(20)33/h6-9,14-15,18-19,21,25,27,40H,10-13,16-17H2,1-5H3,(H,35,36)/t19?,21-,25+,27-/m0/s1. The summed E-state index contributed by atoms with van der Waals surface area (Å²) in [7, 11) is 1.50. The van der Waals surface area contributed by atoms with Crippen molar-refractivity contribution in [3.63, 3.8) is 0 Å². The molecule has 1 aliphatic heterocycles. The highest BCUT2D eigenvalue weighted by molar-refractivity contribution is 5.96. The maximum atomic E-state index is 14.4. The molecule has 3 saturated carbocycles. The predicted octanol–water partition coefficient (Wildman–Crippen LogP) is 4.69. The molecule has 4 fully saturated rings. The number of aryl methyl sites for hydroxylation is 2. The number of aliphatic hydroxyl groups is 1. The quantitative estimate of drug-likeness (QED) is 0.335. The summed E-state index contributed by atoms with van der Waals surface area (Å²) in [5.74, 6) is 2.75. The van der Waals surface area contributed by atoms with Gasteiger partial charge in [0.15, 0.2) is 5.96 Å². The average molecular weight is 562 g/mol. The molecule has 218 valence electrons. The zero-order valence-electron chi connectivity index (χ0n) is 24.5. The molecule has 8 nitrogen and oxygen atoms in total. The van der Waals surface area contributed by atoms with Crippen molar-refractivity contribution in [1.29, 1.82) is 0 Å². The number of halogens is 1. The molecule has 0 spiro atoms. The maximum absolute atomic E-state index is 14.4. The number of nitrogens with zero attached hydrogens (tertiary/aromatic N) is 4. The van der Waals surface area contributed by atoms with Crippen LogP contribution in [0.4, 0.5) is 10.1 Å². The number of aromatic nitrogens is 2. The normalized spacial score (nSPS) is 26.3. The van der Waals surface area contributed by atoms with Gasteiger partial charge >= 0.3 is 0 Å². The Morgan fingerprint density at radius 1 is 1.20 bits per heavy atom. The molecule has 4 aliphatic rings. The van der Waals surface area contributed by atoms with Crippen LogP contribution in [0.25, 0.3) is 10.9 Å². The van der Waals surface area contributed by atoms with Gasteiger partial charge in [-0.1, -0.05) is 26.8 Å². The van der Waals surface area contributed by atoms with Crippen molar-refractivity contribution >= 4 is 22.5 Å². The summed E-state index contributed by atoms with van der Waals surface area (Å²) in [6.07, 6.45) is 4.26. The molecule has 9 heteroatoms. The third-order valence-electron chi connectivity index (χ3n) is 9.93. The van der Waals surface area contributed by atoms with E-state index in [4.69, 9.17) is 9.73 Å². The largest absolute Gasteiger partial charge is 0.497 e. The summed E-state index contributed by atoms with van der Waals surface area (Å²) >= 11 is 0. The van der Waals surface area contributed by atoms with Crippen LogP contribution in [-0.2, 0) is 13.0 Å². The molecule has 2 bridgehead atoms. The van der Waals surface area contributed by atoms with Gasteiger partial charge in [0.2, 0.25) is 0 Å². The molecular weight excluding hydrogens is 521 g/mol. The summed E-state index contributed by atoms with van der Waals surface area (Å²) in [5.41, 5.74) is 1.38. The van der Waals surface area contributed by atoms with Gasteiger partial charge in [0.05, 0.1) is 49.1 Å². The van der Waals surface area contributed by atoms with Crippen LogP contribution in [0.15, 0.2) is 52.5 Å². The van der Waals surface area contributed by atoms with Crippen LogP contribution in [0, 0.1) is 29.0 Å². The zero-order chi connectivity index (χ0) is 29.1. The molecule has 4 atom stereocenters. The van der Waals surface area contributed by atoms with Crippen LogP contribution >= 0.6 is 0 Å². The van der Waals surface area contributed by atoms with E-state index in [1.165, 1.54) is 30.5 Å². The SMILES string of the molecule is COc1ccc(CCn2cnc3cc(NC(=N[C@H]4C[C@@H]5C[C@H](C4C)C5(C)C)N4CC(C)(O)C4)ccc3c2=O)c(F)c1. The Hall–Kier alpha value is -3.46. The lowest BCUT2D eigenvalue weighted by atomic mass is 9.45. The summed E-state index contributed by atoms with van der Waals surface area (Å²) < 4.78 is 21.0. The van der Waals surface area contributed by atoms with Crippen molar-refractivity contribution in [3.8, 4) is 5.75 Å². The van der Waals surface area contributed by atoms with Crippen LogP contribution in [0.3, 0.4) is 0 Å². The Bertz CT molecular complexity index is 1560. The van der Waals surface area contributed by atoms with Crippen molar-refractivity contribution in [2.45, 2.75) is 65.1 Å². The number of ether oxygens (including phenoxy) is 1. The van der Waals surface area contributed by atoms with E-state index in [0.717, 1.165) is 18.1 Å². The van der Waals surface area contributed by atoms with Gasteiger partial charge in [0.25, 0.3) is 5.56 Å². The molecule has 2 aromatic carbocycles. The summed E-state index contributed by atoms with van der Waals surface area (Å²) in [4.78, 5) is 25.1. The number of nitrogens with one attached hydrogen (secondary N) is 1. The smallest absolute Gasteiger partial charge is 0.261 e. The summed E-state index contributed by atoms with van der Waals surface area (Å²) in [6.45, 7) is 10.3. The monoisotopic (exact) mass is 561 g/mol. The number of anilines is 1. The highest BCUT2D eigenvalue weighted by Gasteiger charge is 2.56. The summed E-state index contributed by atoms with van der Waals surface area (Å²) in [5, 5.41) is 14.4. The molecule has 0 radical (unpaired) electrons. The third kappa shape index (κ3) is 5.09. The number of aliphatic imine (C=N–C) groups is 1. The van der Waals surface area contributed by atoms with Gasteiger partial charge in [-0.25, -0.2) is 14.4 Å². The van der Waals surface area contributed by atoms with Crippen molar-refractivity contribution in [2.75, 3.05) is 25.5 Å². The molecule has 2 N–H and O–H groups in total. The molecule has 41 heavy (non-hydrogen) atoms. The summed E-state index contributed by atoms with van der Waals surface area (Å²) in [6, 6.07) is 10.5. The number of benzene rings is 2. The zero-order valence-corrected chi connectivity index (χ0v) is 24.5. The second kappa shape index (κ2) is 10.1. The third-order valence-corrected chi connectivity index (χ3v) is 9.93. The number of hydrogen-bond acceptors (Lipinski definition) is 5. The lowest BCUT2D eigenvalue weighted by Gasteiger charge is -2.61. The molecule has 0 amide bonds. The van der Waals surface area contributed by atoms with Gasteiger partial charge in [-0.2, -0.15) is 0 Å². The van der Waals surface area contributed by atoms with Crippen LogP contribution < -0.4 is 15.6 Å². The lowest BCUT2D eigenvalue weighted by Crippen LogP contribution is -2.63. The molecule has 7 rings (SSSR count). The first kappa shape index (κ1) is 27.7. The van der Waals surface area contributed by atoms with Crippen molar-refractivity contribution < 1.29 is 14.2 Å². The lowest BCUT2D eigenvalue weighted by molar-refractivity contribution is -0.108. The Morgan fingerprint density at radius 2 is 1.98 bits per heavy atom. The maximum Gasteiger partial charge on any atom is 0.261 e. The number of guanidine groups is 1. The fraction of sp³-hybridized carbons (Fsp3) is 0.531. The minimum Gasteiger partial charge on any atom is -0.497 e. The van der Waals surface area contributed by atoms with E-state index < -0.39 is 5.60 Å². The van der Waals surface area contributed by atoms with Crippen LogP contribution in [0.2, 0.25) is 0 Å². The van der Waals surface area contributed by atoms with Gasteiger partial charge in [0.1, 0.15) is 11.6 Å². The number of methoxy groups -OCH3 is 1. The highest BCUT2D eigenvalue weighted by Crippen LogP contribution is 2.61. The Labute approximate surface area is 240 Å². The second-order valence-electron chi connectivity index (χ2n) is 13.1. The molecule has 1 aromatic heterocycles. The first-order valence-corrected chi connectivity index (χ1v) is 14.6. The van der Waals surface area contributed by atoms with Gasteiger partial charge < -0.3 is 20.1 Å². The molecule has 1 saturated heterocycles. The van der Waals surface area contributed by atoms with E-state index in [2.05, 4.69) is 36.0 Å². The predicted molar refractivity (Wildman–Crippen MR) is 159 cm³/mol. The number of hydrogen-bond donors (Lipinski definition) is 2. The van der Waals surface area contributed by atoms with Crippen LogP contribution in [0.1, 0.15) is 46.1 Å². The minimum absolute atomic E-state index is 0.166. The number of fused-ring (bicyclic) bond motifs is 3. The van der Waals surface area contributed by atoms with Gasteiger partial charge in [-0.05, 0) is 79.2 Å². The number of rotatable bonds is 6. The topological polar surface area (TPSA) is 92.0 Å². The molecule has 3 aromatic rings. The van der Waals surface area contributed by atoms with E-state index in [-0.39, 0.29) is 17.4 Å². The van der Waals surface area contributed by atoms with Crippen molar-refractivity contribution in [1.82, 2.24) is 14.5 Å². The minimum atomic E-state index is -0.727. The average Bonchev–Trinajstić information content (AvgIpc) is 2.92. The van der Waals surface area contributed by atoms with Gasteiger partial charge in [-0.15, -0.1) is 0 Å². The fourth-order valence-corrected chi connectivity index (χ4v) is 7.19. The van der Waals surface area contributed by atoms with Crippen molar-refractivity contribution in [2.24, 2.45) is 28.2 Å². The molecule has 1 unspecified atom stereocenters. The number of β-amino-alcohol motifs (C(OH)–C–C–N with tert-alkyl or cyclic N) is 1. The Balaban J connectivity index is 1.21. The van der Waals surface area contributed by atoms with Gasteiger partial charge in [-0.3, -0.25) is 9.36 Å². The first-order valence-electron chi connectivity index (χ1n) is 14.6. The van der Waals surface area contributed by atoms with Crippen molar-refractivity contribution in [3.05, 3.63) is 64.5 Å². The van der Waals surface area contributed by atoms with Crippen LogP contribution in [0.5, 0.6) is 5.75 Å². The van der Waals surface area contributed by atoms with E-state index in [1.807, 2.05) is 19.1 Å². The number of likely N-dealkylation sites (tertiary alicyclic amines) is 1. The Morgan fingerprint density at radius 3 is 2.63 bits per heavy atom. The van der Waals surface area contributed by atoms with E-state index in [1.54, 1.807) is 18.2 Å². The van der Waals surface area contributed by atoms with Gasteiger partial charge in [0, 0.05) is 18.3 Å². The van der Waals surface area contributed by atoms with E-state index in [9.17, 15) is 14.3 Å². The fourth-order valence-electron chi connectivity index (χ4n) is 7.19. The van der Waals surface area contributed by atoms with E-state index in [0.29, 0.717) is 71.4 Å². The van der Waals surface area contributed by atoms with E-state index >= 15 is 0 Å². The molecule has 3 aliphatic carbocycles. The second-order valence-corrected chi connectivity index (χ2v) is 13.1. The molecule has 2 heterocycles. The highest BCUT2D eigenvalue weighted by atomic mass is 19.1. The van der Waals surface area contributed by atoms with Crippen LogP contribution in [-0.4, -0.2) is 57.4 Å².